The van der Waals surface area contributed by atoms with Crippen LogP contribution in [0.15, 0.2) is 28.8 Å². The van der Waals surface area contributed by atoms with E-state index in [2.05, 4.69) is 48.4 Å². The number of nitrogens with one attached hydrogen (secondary N) is 1. The molecule has 2 rings (SSSR count). The van der Waals surface area contributed by atoms with Gasteiger partial charge in [-0.1, -0.05) is 35.8 Å². The Morgan fingerprint density at radius 3 is 2.95 bits per heavy atom. The molecule has 1 atom stereocenters. The first-order valence-corrected chi connectivity index (χ1v) is 7.32. The molecule has 4 heteroatoms. The van der Waals surface area contributed by atoms with E-state index < -0.39 is 0 Å². The molecular formula is C16H23N3O. The lowest BCUT2D eigenvalue weighted by atomic mass is 10.1. The van der Waals surface area contributed by atoms with Gasteiger partial charge in [-0.15, -0.1) is 0 Å². The van der Waals surface area contributed by atoms with Crippen LogP contribution < -0.4 is 5.32 Å². The zero-order chi connectivity index (χ0) is 14.4. The Morgan fingerprint density at radius 1 is 1.35 bits per heavy atom. The summed E-state index contributed by atoms with van der Waals surface area (Å²) in [5.74, 6) is 1.39. The number of hydrogen-bond acceptors (Lipinski definition) is 4. The van der Waals surface area contributed by atoms with Gasteiger partial charge in [-0.05, 0) is 39.3 Å². The van der Waals surface area contributed by atoms with Crippen molar-refractivity contribution in [3.05, 3.63) is 35.7 Å². The zero-order valence-electron chi connectivity index (χ0n) is 12.5. The number of nitrogens with zero attached hydrogens (tertiary/aromatic N) is 2. The molecule has 1 heterocycles. The Bertz CT molecular complexity index is 536. The number of aromatic nitrogens is 2. The number of hydrogen-bond donors (Lipinski definition) is 1. The molecule has 0 aliphatic heterocycles. The van der Waals surface area contributed by atoms with Gasteiger partial charge in [-0.3, -0.25) is 0 Å². The van der Waals surface area contributed by atoms with Crippen LogP contribution in [0.1, 0.15) is 38.1 Å². The lowest BCUT2D eigenvalue weighted by Gasteiger charge is -2.10. The van der Waals surface area contributed by atoms with E-state index in [4.69, 9.17) is 4.52 Å². The largest absolute Gasteiger partial charge is 0.339 e. The smallest absolute Gasteiger partial charge is 0.227 e. The summed E-state index contributed by atoms with van der Waals surface area (Å²) in [6.07, 6.45) is 2.98. The summed E-state index contributed by atoms with van der Waals surface area (Å²) in [5, 5.41) is 7.52. The molecular weight excluding hydrogens is 250 g/mol. The lowest BCUT2D eigenvalue weighted by molar-refractivity contribution is 0.367. The van der Waals surface area contributed by atoms with Crippen molar-refractivity contribution in [1.82, 2.24) is 15.5 Å². The van der Waals surface area contributed by atoms with E-state index in [9.17, 15) is 0 Å². The van der Waals surface area contributed by atoms with Crippen LogP contribution in [-0.4, -0.2) is 22.7 Å². The summed E-state index contributed by atoms with van der Waals surface area (Å²) in [6.45, 7) is 7.48. The van der Waals surface area contributed by atoms with Crippen LogP contribution in [0.25, 0.3) is 11.4 Å². The molecule has 4 nitrogen and oxygen atoms in total. The van der Waals surface area contributed by atoms with Crippen molar-refractivity contribution in [2.45, 2.75) is 46.1 Å². The minimum absolute atomic E-state index is 0.476. The molecule has 0 fully saturated rings. The average molecular weight is 273 g/mol. The standard InChI is InChI=1S/C16H23N3O/c1-4-10-17-13(3)8-9-15-18-16(19-20-15)14-7-5-6-12(2)11-14/h5-7,11,13,17H,4,8-10H2,1-3H3. The van der Waals surface area contributed by atoms with Gasteiger partial charge in [0.2, 0.25) is 11.7 Å². The number of benzene rings is 1. The first-order chi connectivity index (χ1) is 9.69. The van der Waals surface area contributed by atoms with Gasteiger partial charge in [0, 0.05) is 18.0 Å². The van der Waals surface area contributed by atoms with E-state index in [0.717, 1.165) is 31.4 Å². The quantitative estimate of drug-likeness (QED) is 0.840. The van der Waals surface area contributed by atoms with Gasteiger partial charge in [0.1, 0.15) is 0 Å². The molecule has 1 aromatic carbocycles. The normalized spacial score (nSPS) is 12.6. The number of aryl methyl sites for hydroxylation is 2. The molecule has 0 radical (unpaired) electrons. The van der Waals surface area contributed by atoms with E-state index in [0.29, 0.717) is 17.8 Å². The fourth-order valence-electron chi connectivity index (χ4n) is 2.09. The van der Waals surface area contributed by atoms with Gasteiger partial charge in [0.25, 0.3) is 0 Å². The molecule has 0 amide bonds. The Labute approximate surface area is 120 Å². The Hall–Kier alpha value is -1.68. The molecule has 2 aromatic rings. The van der Waals surface area contributed by atoms with Gasteiger partial charge in [0.15, 0.2) is 0 Å². The second-order valence-corrected chi connectivity index (χ2v) is 5.28. The van der Waals surface area contributed by atoms with Gasteiger partial charge in [0.05, 0.1) is 0 Å². The third kappa shape index (κ3) is 4.17. The van der Waals surface area contributed by atoms with Gasteiger partial charge >= 0.3 is 0 Å². The van der Waals surface area contributed by atoms with Crippen molar-refractivity contribution >= 4 is 0 Å². The highest BCUT2D eigenvalue weighted by molar-refractivity contribution is 5.55. The molecule has 0 aliphatic rings. The molecule has 108 valence electrons. The monoisotopic (exact) mass is 273 g/mol. The fourth-order valence-corrected chi connectivity index (χ4v) is 2.09. The highest BCUT2D eigenvalue weighted by atomic mass is 16.5. The van der Waals surface area contributed by atoms with Crippen molar-refractivity contribution < 1.29 is 4.52 Å². The minimum atomic E-state index is 0.476. The Kier molecular flexibility index (Phi) is 5.30. The summed E-state index contributed by atoms with van der Waals surface area (Å²) >= 11 is 0. The predicted molar refractivity (Wildman–Crippen MR) is 80.5 cm³/mol. The molecule has 0 saturated heterocycles. The van der Waals surface area contributed by atoms with E-state index in [-0.39, 0.29) is 0 Å². The van der Waals surface area contributed by atoms with Gasteiger partial charge in [-0.25, -0.2) is 0 Å². The van der Waals surface area contributed by atoms with Crippen LogP contribution in [0, 0.1) is 6.92 Å². The molecule has 0 aliphatic carbocycles. The highest BCUT2D eigenvalue weighted by Gasteiger charge is 2.10. The first kappa shape index (κ1) is 14.7. The van der Waals surface area contributed by atoms with Crippen LogP contribution >= 0.6 is 0 Å². The zero-order valence-corrected chi connectivity index (χ0v) is 12.5. The molecule has 0 spiro atoms. The topological polar surface area (TPSA) is 51.0 Å². The summed E-state index contributed by atoms with van der Waals surface area (Å²) in [5.41, 5.74) is 2.21. The summed E-state index contributed by atoms with van der Waals surface area (Å²) in [7, 11) is 0. The van der Waals surface area contributed by atoms with Crippen molar-refractivity contribution in [3.63, 3.8) is 0 Å². The second kappa shape index (κ2) is 7.20. The molecule has 1 aromatic heterocycles. The number of rotatable bonds is 7. The maximum atomic E-state index is 5.32. The van der Waals surface area contributed by atoms with Gasteiger partial charge < -0.3 is 9.84 Å². The Balaban J connectivity index is 1.92. The first-order valence-electron chi connectivity index (χ1n) is 7.32. The summed E-state index contributed by atoms with van der Waals surface area (Å²) in [6, 6.07) is 8.63. The lowest BCUT2D eigenvalue weighted by Crippen LogP contribution is -2.27. The van der Waals surface area contributed by atoms with E-state index in [1.165, 1.54) is 5.56 Å². The second-order valence-electron chi connectivity index (χ2n) is 5.28. The summed E-state index contributed by atoms with van der Waals surface area (Å²) in [4.78, 5) is 4.47. The molecule has 1 unspecified atom stereocenters. The van der Waals surface area contributed by atoms with E-state index in [1.807, 2.05) is 12.1 Å². The fraction of sp³-hybridized carbons (Fsp3) is 0.500. The molecule has 1 N–H and O–H groups in total. The van der Waals surface area contributed by atoms with Crippen LogP contribution in [0.4, 0.5) is 0 Å². The van der Waals surface area contributed by atoms with Gasteiger partial charge in [-0.2, -0.15) is 4.98 Å². The average Bonchev–Trinajstić information content (AvgIpc) is 2.92. The predicted octanol–water partition coefficient (Wildman–Crippen LogP) is 3.37. The third-order valence-electron chi connectivity index (χ3n) is 3.28. The van der Waals surface area contributed by atoms with Crippen LogP contribution in [0.2, 0.25) is 0 Å². The van der Waals surface area contributed by atoms with Crippen molar-refractivity contribution in [3.8, 4) is 11.4 Å². The molecule has 0 saturated carbocycles. The highest BCUT2D eigenvalue weighted by Crippen LogP contribution is 2.17. The third-order valence-corrected chi connectivity index (χ3v) is 3.28. The SMILES string of the molecule is CCCNC(C)CCc1nc(-c2cccc(C)c2)no1. The van der Waals surface area contributed by atoms with Crippen LogP contribution in [0.5, 0.6) is 0 Å². The molecule has 0 bridgehead atoms. The van der Waals surface area contributed by atoms with Crippen LogP contribution in [-0.2, 0) is 6.42 Å². The molecule has 20 heavy (non-hydrogen) atoms. The van der Waals surface area contributed by atoms with Crippen molar-refractivity contribution in [2.75, 3.05) is 6.54 Å². The van der Waals surface area contributed by atoms with E-state index in [1.54, 1.807) is 0 Å². The Morgan fingerprint density at radius 2 is 2.20 bits per heavy atom. The summed E-state index contributed by atoms with van der Waals surface area (Å²) < 4.78 is 5.32. The van der Waals surface area contributed by atoms with Crippen LogP contribution in [0.3, 0.4) is 0 Å². The van der Waals surface area contributed by atoms with Crippen molar-refractivity contribution in [1.29, 1.82) is 0 Å². The van der Waals surface area contributed by atoms with Crippen molar-refractivity contribution in [2.24, 2.45) is 0 Å². The maximum Gasteiger partial charge on any atom is 0.227 e. The van der Waals surface area contributed by atoms with E-state index >= 15 is 0 Å². The maximum absolute atomic E-state index is 5.32. The minimum Gasteiger partial charge on any atom is -0.339 e.